The lowest BCUT2D eigenvalue weighted by Gasteiger charge is -2.10. The Bertz CT molecular complexity index is 526. The molecule has 0 aliphatic carbocycles. The third-order valence-corrected chi connectivity index (χ3v) is 3.11. The predicted octanol–water partition coefficient (Wildman–Crippen LogP) is 3.94. The number of hydrogen-bond donors (Lipinski definition) is 2. The lowest BCUT2D eigenvalue weighted by atomic mass is 10.2. The molecule has 2 aromatic rings. The van der Waals surface area contributed by atoms with Gasteiger partial charge in [0.2, 0.25) is 0 Å². The number of hydrogen-bond acceptors (Lipinski definition) is 3. The summed E-state index contributed by atoms with van der Waals surface area (Å²) >= 11 is 3.53. The Balaban J connectivity index is 2.27. The molecule has 1 heterocycles. The van der Waals surface area contributed by atoms with Crippen molar-refractivity contribution in [3.8, 4) is 0 Å². The average Bonchev–Trinajstić information content (AvgIpc) is 2.34. The summed E-state index contributed by atoms with van der Waals surface area (Å²) in [5.41, 5.74) is 3.28. The van der Waals surface area contributed by atoms with Crippen LogP contribution in [0.4, 0.5) is 17.2 Å². The van der Waals surface area contributed by atoms with E-state index in [2.05, 4.69) is 50.6 Å². The van der Waals surface area contributed by atoms with Crippen molar-refractivity contribution in [1.29, 1.82) is 0 Å². The van der Waals surface area contributed by atoms with Crippen molar-refractivity contribution in [1.82, 2.24) is 4.98 Å². The van der Waals surface area contributed by atoms with Gasteiger partial charge in [-0.3, -0.25) is 0 Å². The van der Waals surface area contributed by atoms with Crippen molar-refractivity contribution in [3.63, 3.8) is 0 Å². The molecule has 0 atom stereocenters. The number of nitrogens with zero attached hydrogens (tertiary/aromatic N) is 1. The highest BCUT2D eigenvalue weighted by molar-refractivity contribution is 9.10. The predicted molar refractivity (Wildman–Crippen MR) is 75.9 cm³/mol. The van der Waals surface area contributed by atoms with E-state index < -0.39 is 0 Å². The number of nitrogens with one attached hydrogen (secondary N) is 2. The van der Waals surface area contributed by atoms with Gasteiger partial charge in [-0.1, -0.05) is 6.07 Å². The summed E-state index contributed by atoms with van der Waals surface area (Å²) in [4.78, 5) is 4.18. The molecule has 0 bridgehead atoms. The van der Waals surface area contributed by atoms with Crippen molar-refractivity contribution >= 4 is 33.1 Å². The van der Waals surface area contributed by atoms with Gasteiger partial charge < -0.3 is 10.6 Å². The van der Waals surface area contributed by atoms with Gasteiger partial charge >= 0.3 is 0 Å². The molecule has 0 radical (unpaired) electrons. The topological polar surface area (TPSA) is 37.0 Å². The first kappa shape index (κ1) is 11.9. The van der Waals surface area contributed by atoms with Crippen LogP contribution in [0.3, 0.4) is 0 Å². The third kappa shape index (κ3) is 2.97. The molecule has 0 saturated heterocycles. The second kappa shape index (κ2) is 5.19. The van der Waals surface area contributed by atoms with E-state index in [-0.39, 0.29) is 0 Å². The maximum atomic E-state index is 4.18. The summed E-state index contributed by atoms with van der Waals surface area (Å²) in [5, 5.41) is 6.38. The minimum Gasteiger partial charge on any atom is -0.373 e. The highest BCUT2D eigenvalue weighted by Gasteiger charge is 2.01. The second-order valence-electron chi connectivity index (χ2n) is 3.79. The molecule has 0 spiro atoms. The van der Waals surface area contributed by atoms with Gasteiger partial charge in [-0.05, 0) is 46.6 Å². The largest absolute Gasteiger partial charge is 0.373 e. The van der Waals surface area contributed by atoms with E-state index in [0.717, 1.165) is 21.7 Å². The molecule has 0 aliphatic rings. The van der Waals surface area contributed by atoms with Gasteiger partial charge in [-0.15, -0.1) is 0 Å². The fraction of sp³-hybridized carbons (Fsp3) is 0.154. The van der Waals surface area contributed by atoms with Crippen LogP contribution in [0.25, 0.3) is 0 Å². The van der Waals surface area contributed by atoms with E-state index in [1.54, 1.807) is 6.20 Å². The summed E-state index contributed by atoms with van der Waals surface area (Å²) in [6, 6.07) is 10.1. The molecule has 0 fully saturated rings. The molecule has 1 aromatic heterocycles. The Morgan fingerprint density at radius 1 is 1.18 bits per heavy atom. The van der Waals surface area contributed by atoms with Gasteiger partial charge in [0.05, 0.1) is 5.69 Å². The van der Waals surface area contributed by atoms with Crippen LogP contribution in [0.2, 0.25) is 0 Å². The monoisotopic (exact) mass is 291 g/mol. The molecule has 0 aliphatic heterocycles. The van der Waals surface area contributed by atoms with Crippen molar-refractivity contribution < 1.29 is 0 Å². The van der Waals surface area contributed by atoms with Crippen molar-refractivity contribution in [3.05, 3.63) is 46.6 Å². The molecule has 0 amide bonds. The van der Waals surface area contributed by atoms with E-state index in [1.807, 2.05) is 25.2 Å². The minimum atomic E-state index is 0.846. The zero-order valence-electron chi connectivity index (χ0n) is 9.79. The van der Waals surface area contributed by atoms with E-state index in [0.29, 0.717) is 0 Å². The molecule has 4 heteroatoms. The molecule has 1 aromatic carbocycles. The summed E-state index contributed by atoms with van der Waals surface area (Å²) in [5.74, 6) is 0.846. The number of anilines is 3. The van der Waals surface area contributed by atoms with Gasteiger partial charge in [-0.25, -0.2) is 4.98 Å². The highest BCUT2D eigenvalue weighted by Crippen LogP contribution is 2.27. The molecule has 2 rings (SSSR count). The lowest BCUT2D eigenvalue weighted by molar-refractivity contribution is 1.28. The summed E-state index contributed by atoms with van der Waals surface area (Å²) in [6.07, 6.45) is 1.78. The first-order valence-corrected chi connectivity index (χ1v) is 6.15. The Morgan fingerprint density at radius 3 is 2.76 bits per heavy atom. The van der Waals surface area contributed by atoms with Crippen molar-refractivity contribution in [2.75, 3.05) is 17.7 Å². The van der Waals surface area contributed by atoms with Crippen LogP contribution in [-0.4, -0.2) is 12.0 Å². The first-order chi connectivity index (χ1) is 8.19. The van der Waals surface area contributed by atoms with E-state index in [9.17, 15) is 0 Å². The van der Waals surface area contributed by atoms with E-state index in [4.69, 9.17) is 0 Å². The minimum absolute atomic E-state index is 0.846. The SMILES string of the molecule is CNc1cc(Nc2cc(C)ccc2Br)ccn1. The second-order valence-corrected chi connectivity index (χ2v) is 4.64. The summed E-state index contributed by atoms with van der Waals surface area (Å²) in [7, 11) is 1.86. The smallest absolute Gasteiger partial charge is 0.127 e. The number of benzene rings is 1. The Labute approximate surface area is 109 Å². The zero-order chi connectivity index (χ0) is 12.3. The van der Waals surface area contributed by atoms with Gasteiger partial charge in [0.1, 0.15) is 5.82 Å². The normalized spacial score (nSPS) is 10.1. The van der Waals surface area contributed by atoms with Gasteiger partial charge in [0.25, 0.3) is 0 Å². The molecule has 0 saturated carbocycles. The number of aromatic nitrogens is 1. The van der Waals surface area contributed by atoms with Crippen molar-refractivity contribution in [2.24, 2.45) is 0 Å². The first-order valence-electron chi connectivity index (χ1n) is 5.36. The van der Waals surface area contributed by atoms with Gasteiger partial charge in [0, 0.05) is 29.5 Å². The highest BCUT2D eigenvalue weighted by atomic mass is 79.9. The standard InChI is InChI=1S/C13H14BrN3/c1-9-3-4-11(14)12(7-9)17-10-5-6-16-13(8-10)15-2/h3-8H,1-2H3,(H2,15,16,17). The van der Waals surface area contributed by atoms with Crippen LogP contribution in [0.5, 0.6) is 0 Å². The maximum absolute atomic E-state index is 4.18. The molecule has 2 N–H and O–H groups in total. The van der Waals surface area contributed by atoms with Crippen LogP contribution >= 0.6 is 15.9 Å². The number of aryl methyl sites for hydroxylation is 1. The summed E-state index contributed by atoms with van der Waals surface area (Å²) in [6.45, 7) is 2.07. The number of rotatable bonds is 3. The molecule has 17 heavy (non-hydrogen) atoms. The van der Waals surface area contributed by atoms with Crippen LogP contribution in [0, 0.1) is 6.92 Å². The Kier molecular flexibility index (Phi) is 3.64. The quantitative estimate of drug-likeness (QED) is 0.899. The molecule has 3 nitrogen and oxygen atoms in total. The molecule has 0 unspecified atom stereocenters. The Hall–Kier alpha value is -1.55. The van der Waals surface area contributed by atoms with Gasteiger partial charge in [0.15, 0.2) is 0 Å². The molecule has 88 valence electrons. The Morgan fingerprint density at radius 2 is 2.00 bits per heavy atom. The zero-order valence-corrected chi connectivity index (χ0v) is 11.4. The van der Waals surface area contributed by atoms with Crippen LogP contribution in [0.1, 0.15) is 5.56 Å². The van der Waals surface area contributed by atoms with Gasteiger partial charge in [-0.2, -0.15) is 0 Å². The molecular weight excluding hydrogens is 278 g/mol. The molecular formula is C13H14BrN3. The number of pyridine rings is 1. The lowest BCUT2D eigenvalue weighted by Crippen LogP contribution is -1.96. The fourth-order valence-corrected chi connectivity index (χ4v) is 1.88. The van der Waals surface area contributed by atoms with Crippen LogP contribution in [-0.2, 0) is 0 Å². The maximum Gasteiger partial charge on any atom is 0.127 e. The van der Waals surface area contributed by atoms with Crippen LogP contribution in [0.15, 0.2) is 41.0 Å². The average molecular weight is 292 g/mol. The van der Waals surface area contributed by atoms with Crippen molar-refractivity contribution in [2.45, 2.75) is 6.92 Å². The number of halogens is 1. The third-order valence-electron chi connectivity index (χ3n) is 2.42. The summed E-state index contributed by atoms with van der Waals surface area (Å²) < 4.78 is 1.05. The van der Waals surface area contributed by atoms with E-state index in [1.165, 1.54) is 5.56 Å². The van der Waals surface area contributed by atoms with E-state index >= 15 is 0 Å². The van der Waals surface area contributed by atoms with Crippen LogP contribution < -0.4 is 10.6 Å². The fourth-order valence-electron chi connectivity index (χ4n) is 1.54.